The highest BCUT2D eigenvalue weighted by atomic mass is 19.3. The molecule has 1 amide bonds. The number of carbonyl (C=O) groups is 1. The van der Waals surface area contributed by atoms with Gasteiger partial charge in [-0.2, -0.15) is 0 Å². The largest absolute Gasteiger partial charge is 0.375 e. The second kappa shape index (κ2) is 6.61. The minimum absolute atomic E-state index is 0.324. The van der Waals surface area contributed by atoms with Gasteiger partial charge in [0.1, 0.15) is 0 Å². The first-order chi connectivity index (χ1) is 7.76. The molecule has 0 rings (SSSR count). The molecule has 17 heavy (non-hydrogen) atoms. The number of carbonyl (C=O) groups excluding carboxylic acids is 1. The van der Waals surface area contributed by atoms with Crippen molar-refractivity contribution in [3.8, 4) is 0 Å². The van der Waals surface area contributed by atoms with E-state index in [1.807, 2.05) is 5.32 Å². The number of alkyl halides is 2. The summed E-state index contributed by atoms with van der Waals surface area (Å²) in [6, 6.07) is 0. The third-order valence-electron chi connectivity index (χ3n) is 1.55. The van der Waals surface area contributed by atoms with Crippen molar-refractivity contribution in [2.24, 2.45) is 0 Å². The summed E-state index contributed by atoms with van der Waals surface area (Å²) in [4.78, 5) is 20.6. The summed E-state index contributed by atoms with van der Waals surface area (Å²) < 4.78 is 24.7. The van der Waals surface area contributed by atoms with Crippen molar-refractivity contribution < 1.29 is 18.5 Å². The van der Waals surface area contributed by atoms with E-state index in [0.717, 1.165) is 6.20 Å². The average Bonchev–Trinajstić information content (AvgIpc) is 2.20. The van der Waals surface area contributed by atoms with Crippen molar-refractivity contribution in [2.75, 3.05) is 20.1 Å². The monoisotopic (exact) mass is 252 g/mol. The summed E-state index contributed by atoms with van der Waals surface area (Å²) in [5.74, 6) is -4.00. The Hall–Kier alpha value is -1.93. The maximum atomic E-state index is 12.3. The summed E-state index contributed by atoms with van der Waals surface area (Å²) in [5, 5.41) is 16.9. The van der Waals surface area contributed by atoms with E-state index in [2.05, 4.69) is 10.6 Å². The van der Waals surface area contributed by atoms with Gasteiger partial charge in [-0.05, 0) is 4.92 Å². The average molecular weight is 252 g/mol. The van der Waals surface area contributed by atoms with Crippen LogP contribution in [0.15, 0.2) is 12.0 Å². The fourth-order valence-electron chi connectivity index (χ4n) is 0.773. The van der Waals surface area contributed by atoms with E-state index in [4.69, 9.17) is 0 Å². The van der Waals surface area contributed by atoms with Crippen LogP contribution in [0.4, 0.5) is 8.78 Å². The van der Waals surface area contributed by atoms with Crippen molar-refractivity contribution in [2.45, 2.75) is 12.8 Å². The Kier molecular flexibility index (Phi) is 5.86. The fraction of sp³-hybridized carbons (Fsp3) is 0.625. The van der Waals surface area contributed by atoms with Gasteiger partial charge in [0.2, 0.25) is 5.91 Å². The first-order valence-corrected chi connectivity index (χ1v) is 4.66. The Balaban J connectivity index is 3.97. The molecule has 0 aromatic rings. The SMILES string of the molecule is CN/C(=C\NCC(=O)NCC(C)(F)F)[N+](=O)[O-]. The van der Waals surface area contributed by atoms with E-state index in [1.54, 1.807) is 0 Å². The van der Waals surface area contributed by atoms with Gasteiger partial charge in [-0.15, -0.1) is 0 Å². The van der Waals surface area contributed by atoms with Crippen molar-refractivity contribution in [3.05, 3.63) is 22.1 Å². The number of nitrogens with zero attached hydrogens (tertiary/aromatic N) is 1. The number of hydrogen-bond donors (Lipinski definition) is 3. The topological polar surface area (TPSA) is 96.3 Å². The number of nitrogens with one attached hydrogen (secondary N) is 3. The lowest BCUT2D eigenvalue weighted by atomic mass is 10.4. The number of hydrogen-bond acceptors (Lipinski definition) is 5. The normalized spacial score (nSPS) is 11.9. The molecule has 0 atom stereocenters. The van der Waals surface area contributed by atoms with Gasteiger partial charge < -0.3 is 20.7 Å². The highest BCUT2D eigenvalue weighted by molar-refractivity contribution is 5.78. The molecule has 0 radical (unpaired) electrons. The maximum Gasteiger partial charge on any atom is 0.331 e. The lowest BCUT2D eigenvalue weighted by molar-refractivity contribution is -0.431. The Morgan fingerprint density at radius 1 is 1.53 bits per heavy atom. The Morgan fingerprint density at radius 2 is 2.12 bits per heavy atom. The first-order valence-electron chi connectivity index (χ1n) is 4.66. The van der Waals surface area contributed by atoms with Crippen molar-refractivity contribution in [3.63, 3.8) is 0 Å². The van der Waals surface area contributed by atoms with Crippen LogP contribution in [0.2, 0.25) is 0 Å². The van der Waals surface area contributed by atoms with Crippen molar-refractivity contribution in [1.29, 1.82) is 0 Å². The van der Waals surface area contributed by atoms with Gasteiger partial charge in [0.25, 0.3) is 5.92 Å². The van der Waals surface area contributed by atoms with E-state index in [-0.39, 0.29) is 12.4 Å². The number of nitro groups is 1. The smallest absolute Gasteiger partial charge is 0.331 e. The summed E-state index contributed by atoms with van der Waals surface area (Å²) in [6.07, 6.45) is 0.976. The molecule has 3 N–H and O–H groups in total. The summed E-state index contributed by atoms with van der Waals surface area (Å²) in [6.45, 7) is -0.424. The van der Waals surface area contributed by atoms with E-state index < -0.39 is 23.3 Å². The molecule has 0 saturated heterocycles. The van der Waals surface area contributed by atoms with Crippen LogP contribution >= 0.6 is 0 Å². The molecular formula is C8H14F2N4O3. The number of halogens is 2. The highest BCUT2D eigenvalue weighted by Crippen LogP contribution is 2.08. The predicted molar refractivity (Wildman–Crippen MR) is 55.8 cm³/mol. The second-order valence-electron chi connectivity index (χ2n) is 3.26. The number of amides is 1. The van der Waals surface area contributed by atoms with Crippen LogP contribution in [0.3, 0.4) is 0 Å². The molecule has 0 aromatic carbocycles. The predicted octanol–water partition coefficient (Wildman–Crippen LogP) is -0.358. The molecule has 0 aliphatic carbocycles. The third-order valence-corrected chi connectivity index (χ3v) is 1.55. The lowest BCUT2D eigenvalue weighted by Crippen LogP contribution is -2.39. The van der Waals surface area contributed by atoms with Crippen LogP contribution in [0, 0.1) is 10.1 Å². The molecule has 7 nitrogen and oxygen atoms in total. The molecule has 0 heterocycles. The molecule has 0 bridgehead atoms. The number of rotatable bonds is 7. The summed E-state index contributed by atoms with van der Waals surface area (Å²) in [5.41, 5.74) is 0. The summed E-state index contributed by atoms with van der Waals surface area (Å²) in [7, 11) is 1.34. The molecule has 0 saturated carbocycles. The molecule has 0 unspecified atom stereocenters. The molecule has 98 valence electrons. The minimum atomic E-state index is -2.98. The second-order valence-corrected chi connectivity index (χ2v) is 3.26. The van der Waals surface area contributed by atoms with E-state index in [9.17, 15) is 23.7 Å². The van der Waals surface area contributed by atoms with Crippen LogP contribution in [0.5, 0.6) is 0 Å². The Bertz CT molecular complexity index is 314. The van der Waals surface area contributed by atoms with Gasteiger partial charge >= 0.3 is 5.82 Å². The quantitative estimate of drug-likeness (QED) is 0.425. The third kappa shape index (κ3) is 7.94. The van der Waals surface area contributed by atoms with E-state index in [1.165, 1.54) is 7.05 Å². The van der Waals surface area contributed by atoms with E-state index in [0.29, 0.717) is 6.92 Å². The van der Waals surface area contributed by atoms with Crippen molar-refractivity contribution in [1.82, 2.24) is 16.0 Å². The van der Waals surface area contributed by atoms with Crippen LogP contribution in [-0.2, 0) is 4.79 Å². The Labute approximate surface area is 96.4 Å². The highest BCUT2D eigenvalue weighted by Gasteiger charge is 2.21. The molecule has 0 aliphatic heterocycles. The minimum Gasteiger partial charge on any atom is -0.375 e. The van der Waals surface area contributed by atoms with Crippen LogP contribution in [-0.4, -0.2) is 36.9 Å². The molecule has 9 heteroatoms. The first kappa shape index (κ1) is 15.1. The van der Waals surface area contributed by atoms with Gasteiger partial charge in [-0.25, -0.2) is 8.78 Å². The van der Waals surface area contributed by atoms with E-state index >= 15 is 0 Å². The molecule has 0 aliphatic rings. The van der Waals surface area contributed by atoms with Crippen LogP contribution < -0.4 is 16.0 Å². The van der Waals surface area contributed by atoms with Crippen molar-refractivity contribution >= 4 is 5.91 Å². The molecule has 0 spiro atoms. The van der Waals surface area contributed by atoms with Crippen LogP contribution in [0.1, 0.15) is 6.92 Å². The molecule has 0 aromatic heterocycles. The van der Waals surface area contributed by atoms with Crippen LogP contribution in [0.25, 0.3) is 0 Å². The lowest BCUT2D eigenvalue weighted by Gasteiger charge is -2.11. The van der Waals surface area contributed by atoms with Gasteiger partial charge in [0.15, 0.2) is 0 Å². The Morgan fingerprint density at radius 3 is 2.53 bits per heavy atom. The zero-order valence-corrected chi connectivity index (χ0v) is 9.42. The van der Waals surface area contributed by atoms with Gasteiger partial charge in [0.05, 0.1) is 26.3 Å². The zero-order valence-electron chi connectivity index (χ0n) is 9.42. The van der Waals surface area contributed by atoms with Gasteiger partial charge in [-0.1, -0.05) is 0 Å². The zero-order chi connectivity index (χ0) is 13.5. The molecule has 0 fully saturated rings. The fourth-order valence-corrected chi connectivity index (χ4v) is 0.773. The maximum absolute atomic E-state index is 12.3. The van der Waals surface area contributed by atoms with Gasteiger partial charge in [-0.3, -0.25) is 10.1 Å². The molecular weight excluding hydrogens is 238 g/mol. The van der Waals surface area contributed by atoms with Gasteiger partial charge in [0, 0.05) is 6.92 Å². The summed E-state index contributed by atoms with van der Waals surface area (Å²) >= 11 is 0. The standard InChI is InChI=1S/C8H14F2N4O3/c1-8(9,10)5-13-7(15)4-12-3-6(11-2)14(16)17/h3,11-12H,4-5H2,1-2H3,(H,13,15)/b6-3+.